The molecule has 0 atom stereocenters. The lowest BCUT2D eigenvalue weighted by atomic mass is 9.95. The molecule has 36 heavy (non-hydrogen) atoms. The molecule has 0 saturated heterocycles. The van der Waals surface area contributed by atoms with E-state index in [2.05, 4.69) is 20.4 Å². The van der Waals surface area contributed by atoms with Crippen LogP contribution in [0.3, 0.4) is 0 Å². The third kappa shape index (κ3) is 6.84. The number of aromatic nitrogens is 4. The van der Waals surface area contributed by atoms with Crippen molar-refractivity contribution in [2.45, 2.75) is 83.1 Å². The number of ether oxygens (including phenoxy) is 1. The van der Waals surface area contributed by atoms with Gasteiger partial charge >= 0.3 is 0 Å². The van der Waals surface area contributed by atoms with Crippen LogP contribution in [0, 0.1) is 0 Å². The third-order valence-corrected chi connectivity index (χ3v) is 6.69. The number of tetrazole rings is 1. The standard InChI is InChI=1S/C24H34N6O6/c31-23(10-6-16-36-30(33)34)28-21-13-12-20(17-18(21)11-14-24(28)32)35-15-5-4-9-22-25-26-27-29(22)19-7-2-1-3-8-19/h12-13,17,19,33-34H,1-11,14-16H2. The maximum Gasteiger partial charge on any atom is 0.234 e. The van der Waals surface area contributed by atoms with Crippen LogP contribution in [0.4, 0.5) is 5.69 Å². The number of hydrogen-bond donors (Lipinski definition) is 2. The van der Waals surface area contributed by atoms with E-state index < -0.39 is 5.39 Å². The van der Waals surface area contributed by atoms with Gasteiger partial charge in [-0.05, 0) is 72.7 Å². The molecule has 1 saturated carbocycles. The minimum atomic E-state index is -0.395. The van der Waals surface area contributed by atoms with Crippen LogP contribution in [0.1, 0.15) is 81.6 Å². The van der Waals surface area contributed by atoms with E-state index in [1.807, 2.05) is 10.7 Å². The van der Waals surface area contributed by atoms with Crippen LogP contribution in [0.2, 0.25) is 0 Å². The van der Waals surface area contributed by atoms with Gasteiger partial charge in [-0.3, -0.25) is 29.7 Å². The van der Waals surface area contributed by atoms with E-state index in [0.29, 0.717) is 30.5 Å². The van der Waals surface area contributed by atoms with Crippen molar-refractivity contribution in [3.05, 3.63) is 29.6 Å². The number of carbonyl (C=O) groups excluding carboxylic acids is 2. The van der Waals surface area contributed by atoms with Gasteiger partial charge in [0.1, 0.15) is 5.75 Å². The van der Waals surface area contributed by atoms with Gasteiger partial charge in [0.15, 0.2) is 5.82 Å². The number of unbranched alkanes of at least 4 members (excludes halogenated alkanes) is 1. The number of fused-ring (bicyclic) bond motifs is 1. The highest BCUT2D eigenvalue weighted by atomic mass is 17.1. The number of nitrogens with zero attached hydrogens (tertiary/aromatic N) is 6. The van der Waals surface area contributed by atoms with Crippen LogP contribution in [0.5, 0.6) is 5.75 Å². The monoisotopic (exact) mass is 502 g/mol. The minimum absolute atomic E-state index is 0.0430. The molecule has 12 nitrogen and oxygen atoms in total. The fourth-order valence-electron chi connectivity index (χ4n) is 4.87. The van der Waals surface area contributed by atoms with Gasteiger partial charge in [-0.1, -0.05) is 19.3 Å². The lowest BCUT2D eigenvalue weighted by molar-refractivity contribution is -0.492. The fourth-order valence-corrected chi connectivity index (χ4v) is 4.87. The molecular weight excluding hydrogens is 468 g/mol. The number of imide groups is 1. The first kappa shape index (κ1) is 26.1. The summed E-state index contributed by atoms with van der Waals surface area (Å²) in [6.45, 7) is 0.494. The molecule has 0 unspecified atom stereocenters. The Kier molecular flexibility index (Phi) is 9.34. The summed E-state index contributed by atoms with van der Waals surface area (Å²) in [6.07, 6.45) is 9.74. The lowest BCUT2D eigenvalue weighted by Gasteiger charge is -2.28. The molecular formula is C24H34N6O6. The van der Waals surface area contributed by atoms with Crippen molar-refractivity contribution in [2.24, 2.45) is 0 Å². The SMILES string of the molecule is O=C(CCCON(O)O)N1C(=O)CCc2cc(OCCCCc3nnnn3C3CCCCC3)ccc21. The van der Waals surface area contributed by atoms with Crippen molar-refractivity contribution >= 4 is 17.5 Å². The summed E-state index contributed by atoms with van der Waals surface area (Å²) >= 11 is 0. The summed E-state index contributed by atoms with van der Waals surface area (Å²) in [5.74, 6) is 1.06. The van der Waals surface area contributed by atoms with Crippen molar-refractivity contribution in [2.75, 3.05) is 18.1 Å². The molecule has 2 N–H and O–H groups in total. The van der Waals surface area contributed by atoms with Crippen molar-refractivity contribution in [1.29, 1.82) is 0 Å². The van der Waals surface area contributed by atoms with Crippen LogP contribution in [-0.2, 0) is 27.3 Å². The van der Waals surface area contributed by atoms with E-state index in [1.165, 1.54) is 24.2 Å². The van der Waals surface area contributed by atoms with Crippen LogP contribution >= 0.6 is 0 Å². The quantitative estimate of drug-likeness (QED) is 0.328. The summed E-state index contributed by atoms with van der Waals surface area (Å²) in [4.78, 5) is 30.7. The van der Waals surface area contributed by atoms with E-state index >= 15 is 0 Å². The number of amides is 2. The molecule has 0 radical (unpaired) electrons. The summed E-state index contributed by atoms with van der Waals surface area (Å²) in [7, 11) is 0. The van der Waals surface area contributed by atoms with Crippen molar-refractivity contribution in [3.8, 4) is 5.75 Å². The van der Waals surface area contributed by atoms with Crippen molar-refractivity contribution in [3.63, 3.8) is 0 Å². The molecule has 1 aliphatic carbocycles. The molecule has 0 bridgehead atoms. The Morgan fingerprint density at radius 1 is 1.08 bits per heavy atom. The summed E-state index contributed by atoms with van der Waals surface area (Å²) in [5, 5.41) is 29.1. The Labute approximate surface area is 209 Å². The van der Waals surface area contributed by atoms with Gasteiger partial charge in [-0.15, -0.1) is 5.10 Å². The largest absolute Gasteiger partial charge is 0.494 e. The minimum Gasteiger partial charge on any atom is -0.494 e. The van der Waals surface area contributed by atoms with E-state index in [0.717, 1.165) is 43.5 Å². The Bertz CT molecular complexity index is 1020. The van der Waals surface area contributed by atoms with E-state index in [1.54, 1.807) is 12.1 Å². The van der Waals surface area contributed by atoms with Crippen LogP contribution in [0.15, 0.2) is 18.2 Å². The van der Waals surface area contributed by atoms with Crippen molar-refractivity contribution < 1.29 is 29.6 Å². The molecule has 1 fully saturated rings. The van der Waals surface area contributed by atoms with Gasteiger partial charge in [0, 0.05) is 19.3 Å². The Morgan fingerprint density at radius 2 is 1.92 bits per heavy atom. The number of rotatable bonds is 12. The topological polar surface area (TPSA) is 143 Å². The summed E-state index contributed by atoms with van der Waals surface area (Å²) in [6, 6.07) is 5.84. The van der Waals surface area contributed by atoms with Crippen LogP contribution in [0.25, 0.3) is 0 Å². The molecule has 2 heterocycles. The number of aryl methyl sites for hydroxylation is 2. The molecule has 196 valence electrons. The average molecular weight is 503 g/mol. The van der Waals surface area contributed by atoms with Gasteiger partial charge < -0.3 is 4.74 Å². The van der Waals surface area contributed by atoms with Gasteiger partial charge in [-0.2, -0.15) is 0 Å². The zero-order valence-corrected chi connectivity index (χ0v) is 20.4. The molecule has 2 amide bonds. The maximum atomic E-state index is 12.6. The van der Waals surface area contributed by atoms with E-state index in [9.17, 15) is 9.59 Å². The summed E-state index contributed by atoms with van der Waals surface area (Å²) < 4.78 is 7.96. The first-order chi connectivity index (χ1) is 17.5. The Balaban J connectivity index is 1.24. The summed E-state index contributed by atoms with van der Waals surface area (Å²) in [5.41, 5.74) is 1.46. The second-order valence-electron chi connectivity index (χ2n) is 9.24. The molecule has 2 aromatic rings. The first-order valence-corrected chi connectivity index (χ1v) is 12.7. The zero-order valence-electron chi connectivity index (χ0n) is 20.4. The van der Waals surface area contributed by atoms with E-state index in [4.69, 9.17) is 15.2 Å². The van der Waals surface area contributed by atoms with E-state index in [-0.39, 0.29) is 37.7 Å². The van der Waals surface area contributed by atoms with Crippen molar-refractivity contribution in [1.82, 2.24) is 25.6 Å². The highest BCUT2D eigenvalue weighted by molar-refractivity contribution is 6.16. The van der Waals surface area contributed by atoms with Gasteiger partial charge in [0.05, 0.1) is 30.3 Å². The molecule has 1 aromatic heterocycles. The Morgan fingerprint density at radius 3 is 2.72 bits per heavy atom. The predicted octanol–water partition coefficient (Wildman–Crippen LogP) is 3.18. The molecule has 12 heteroatoms. The van der Waals surface area contributed by atoms with Crippen LogP contribution in [-0.4, -0.2) is 61.0 Å². The Hall–Kier alpha value is -2.93. The predicted molar refractivity (Wildman–Crippen MR) is 126 cm³/mol. The fraction of sp³-hybridized carbons (Fsp3) is 0.625. The molecule has 1 aromatic carbocycles. The van der Waals surface area contributed by atoms with Gasteiger partial charge in [-0.25, -0.2) is 4.68 Å². The molecule has 0 spiro atoms. The number of hydrogen-bond acceptors (Lipinski definition) is 10. The smallest absolute Gasteiger partial charge is 0.234 e. The average Bonchev–Trinajstić information content (AvgIpc) is 3.35. The highest BCUT2D eigenvalue weighted by Crippen LogP contribution is 2.32. The molecule has 2 aliphatic rings. The second-order valence-corrected chi connectivity index (χ2v) is 9.24. The maximum absolute atomic E-state index is 12.6. The third-order valence-electron chi connectivity index (χ3n) is 6.69. The number of benzene rings is 1. The molecule has 4 rings (SSSR count). The van der Waals surface area contributed by atoms with Gasteiger partial charge in [0.25, 0.3) is 0 Å². The first-order valence-electron chi connectivity index (χ1n) is 12.7. The van der Waals surface area contributed by atoms with Gasteiger partial charge in [0.2, 0.25) is 11.8 Å². The second kappa shape index (κ2) is 12.9. The number of anilines is 1. The zero-order chi connectivity index (χ0) is 25.3. The van der Waals surface area contributed by atoms with Crippen LogP contribution < -0.4 is 9.64 Å². The highest BCUT2D eigenvalue weighted by Gasteiger charge is 2.29. The molecule has 1 aliphatic heterocycles. The lowest BCUT2D eigenvalue weighted by Crippen LogP contribution is -2.40. The normalized spacial score (nSPS) is 16.4. The number of carbonyl (C=O) groups is 2.